The normalized spacial score (nSPS) is 10.1. The van der Waals surface area contributed by atoms with Crippen LogP contribution in [-0.4, -0.2) is 10.9 Å². The zero-order chi connectivity index (χ0) is 15.2. The fraction of sp³-hybridized carbons (Fsp3) is 0.125. The first-order chi connectivity index (χ1) is 10.1. The lowest BCUT2D eigenvalue weighted by molar-refractivity contribution is -0.120. The van der Waals surface area contributed by atoms with Crippen LogP contribution in [0, 0.1) is 0 Å². The number of hydrogen-bond donors (Lipinski definition) is 2. The molecule has 3 N–H and O–H groups in total. The predicted molar refractivity (Wildman–Crippen MR) is 89.3 cm³/mol. The predicted octanol–water partition coefficient (Wildman–Crippen LogP) is 2.83. The third-order valence-electron chi connectivity index (χ3n) is 3.01. The van der Waals surface area contributed by atoms with Gasteiger partial charge in [-0.2, -0.15) is 0 Å². The molecular weight excluding hydrogens is 304 g/mol. The molecule has 0 bridgehead atoms. The summed E-state index contributed by atoms with van der Waals surface area (Å²) in [5.74, 6) is -0.0798. The molecule has 2 aromatic rings. The Kier molecular flexibility index (Phi) is 5.31. The molecular formula is C16H15ClN2OS. The van der Waals surface area contributed by atoms with E-state index in [4.69, 9.17) is 29.6 Å². The van der Waals surface area contributed by atoms with Gasteiger partial charge >= 0.3 is 0 Å². The minimum atomic E-state index is -0.0798. The molecule has 0 spiro atoms. The van der Waals surface area contributed by atoms with Crippen molar-refractivity contribution in [3.05, 3.63) is 70.2 Å². The second-order valence-corrected chi connectivity index (χ2v) is 5.46. The molecule has 0 saturated heterocycles. The van der Waals surface area contributed by atoms with Gasteiger partial charge in [0.1, 0.15) is 4.99 Å². The molecule has 0 aliphatic carbocycles. The van der Waals surface area contributed by atoms with Crippen LogP contribution in [0.25, 0.3) is 0 Å². The van der Waals surface area contributed by atoms with Crippen molar-refractivity contribution in [1.82, 2.24) is 5.32 Å². The van der Waals surface area contributed by atoms with Crippen LogP contribution in [0.2, 0.25) is 5.02 Å². The van der Waals surface area contributed by atoms with Gasteiger partial charge in [0.15, 0.2) is 0 Å². The first-order valence-electron chi connectivity index (χ1n) is 6.45. The maximum absolute atomic E-state index is 11.9. The van der Waals surface area contributed by atoms with E-state index in [0.717, 1.165) is 16.7 Å². The van der Waals surface area contributed by atoms with Crippen molar-refractivity contribution < 1.29 is 4.79 Å². The van der Waals surface area contributed by atoms with E-state index < -0.39 is 0 Å². The Balaban J connectivity index is 1.94. The number of carbonyl (C=O) groups is 1. The molecule has 0 atom stereocenters. The topological polar surface area (TPSA) is 55.1 Å². The highest BCUT2D eigenvalue weighted by molar-refractivity contribution is 7.80. The van der Waals surface area contributed by atoms with Gasteiger partial charge in [-0.3, -0.25) is 4.79 Å². The molecule has 0 aromatic heterocycles. The Morgan fingerprint density at radius 3 is 2.67 bits per heavy atom. The molecule has 2 rings (SSSR count). The number of nitrogens with two attached hydrogens (primary N) is 1. The van der Waals surface area contributed by atoms with Gasteiger partial charge in [-0.25, -0.2) is 0 Å². The molecule has 21 heavy (non-hydrogen) atoms. The Bertz CT molecular complexity index is 673. The van der Waals surface area contributed by atoms with E-state index in [2.05, 4.69) is 5.32 Å². The maximum atomic E-state index is 11.9. The molecule has 2 aromatic carbocycles. The quantitative estimate of drug-likeness (QED) is 0.834. The van der Waals surface area contributed by atoms with E-state index in [-0.39, 0.29) is 12.3 Å². The molecule has 0 aliphatic rings. The van der Waals surface area contributed by atoms with E-state index in [0.29, 0.717) is 16.6 Å². The number of rotatable bonds is 5. The number of nitrogens with one attached hydrogen (secondary N) is 1. The lowest BCUT2D eigenvalue weighted by atomic mass is 10.1. The van der Waals surface area contributed by atoms with Gasteiger partial charge in [-0.1, -0.05) is 60.2 Å². The van der Waals surface area contributed by atoms with Crippen LogP contribution >= 0.6 is 23.8 Å². The fourth-order valence-corrected chi connectivity index (χ4v) is 2.24. The summed E-state index contributed by atoms with van der Waals surface area (Å²) in [7, 11) is 0. The van der Waals surface area contributed by atoms with Gasteiger partial charge in [-0.15, -0.1) is 0 Å². The van der Waals surface area contributed by atoms with E-state index in [1.54, 1.807) is 6.07 Å². The van der Waals surface area contributed by atoms with E-state index in [1.807, 2.05) is 42.5 Å². The molecule has 0 radical (unpaired) electrons. The number of halogens is 1. The minimum Gasteiger partial charge on any atom is -0.389 e. The van der Waals surface area contributed by atoms with Crippen molar-refractivity contribution in [3.8, 4) is 0 Å². The second-order valence-electron chi connectivity index (χ2n) is 4.61. The highest BCUT2D eigenvalue weighted by Crippen LogP contribution is 2.15. The third kappa shape index (κ3) is 4.55. The van der Waals surface area contributed by atoms with Crippen LogP contribution in [-0.2, 0) is 17.8 Å². The third-order valence-corrected chi connectivity index (χ3v) is 3.61. The van der Waals surface area contributed by atoms with Crippen molar-refractivity contribution in [2.24, 2.45) is 5.73 Å². The Morgan fingerprint density at radius 2 is 1.95 bits per heavy atom. The first-order valence-corrected chi connectivity index (χ1v) is 7.24. The van der Waals surface area contributed by atoms with E-state index in [9.17, 15) is 4.79 Å². The van der Waals surface area contributed by atoms with Crippen LogP contribution in [0.5, 0.6) is 0 Å². The molecule has 1 amide bonds. The number of thiocarbonyl (C=S) groups is 1. The Hall–Kier alpha value is -1.91. The lowest BCUT2D eigenvalue weighted by Gasteiger charge is -2.08. The van der Waals surface area contributed by atoms with Crippen molar-refractivity contribution in [1.29, 1.82) is 0 Å². The number of carbonyl (C=O) groups excluding carboxylic acids is 1. The average molecular weight is 319 g/mol. The molecule has 0 aliphatic heterocycles. The molecule has 0 fully saturated rings. The van der Waals surface area contributed by atoms with Gasteiger partial charge < -0.3 is 11.1 Å². The van der Waals surface area contributed by atoms with Crippen LogP contribution in [0.1, 0.15) is 16.7 Å². The van der Waals surface area contributed by atoms with Gasteiger partial charge in [-0.05, 0) is 23.3 Å². The summed E-state index contributed by atoms with van der Waals surface area (Å²) in [5, 5.41) is 3.46. The molecule has 0 heterocycles. The van der Waals surface area contributed by atoms with Gasteiger partial charge in [0.05, 0.1) is 6.42 Å². The largest absolute Gasteiger partial charge is 0.389 e. The fourth-order valence-electron chi connectivity index (χ4n) is 1.91. The van der Waals surface area contributed by atoms with Crippen molar-refractivity contribution in [2.45, 2.75) is 13.0 Å². The van der Waals surface area contributed by atoms with Gasteiger partial charge in [0.2, 0.25) is 5.91 Å². The average Bonchev–Trinajstić information content (AvgIpc) is 2.48. The van der Waals surface area contributed by atoms with Crippen molar-refractivity contribution >= 4 is 34.7 Å². The van der Waals surface area contributed by atoms with Crippen molar-refractivity contribution in [3.63, 3.8) is 0 Å². The molecule has 108 valence electrons. The summed E-state index contributed by atoms with van der Waals surface area (Å²) in [6, 6.07) is 14.8. The van der Waals surface area contributed by atoms with Crippen LogP contribution in [0.15, 0.2) is 48.5 Å². The van der Waals surface area contributed by atoms with Crippen molar-refractivity contribution in [2.75, 3.05) is 0 Å². The van der Waals surface area contributed by atoms with Crippen LogP contribution in [0.4, 0.5) is 0 Å². The number of hydrogen-bond acceptors (Lipinski definition) is 2. The Morgan fingerprint density at radius 1 is 1.19 bits per heavy atom. The summed E-state index contributed by atoms with van der Waals surface area (Å²) in [6.45, 7) is 0.430. The van der Waals surface area contributed by atoms with Gasteiger partial charge in [0.25, 0.3) is 0 Å². The second kappa shape index (κ2) is 7.20. The monoisotopic (exact) mass is 318 g/mol. The van der Waals surface area contributed by atoms with Gasteiger partial charge in [0, 0.05) is 17.1 Å². The summed E-state index contributed by atoms with van der Waals surface area (Å²) in [5.41, 5.74) is 8.15. The summed E-state index contributed by atoms with van der Waals surface area (Å²) < 4.78 is 0. The standard InChI is InChI=1S/C16H15ClN2OS/c17-14-7-2-1-5-12(14)9-15(20)19-10-11-4-3-6-13(8-11)16(18)21/h1-8H,9-10H2,(H2,18,21)(H,19,20). The zero-order valence-corrected chi connectivity index (χ0v) is 12.9. The highest BCUT2D eigenvalue weighted by Gasteiger charge is 2.06. The first kappa shape index (κ1) is 15.5. The maximum Gasteiger partial charge on any atom is 0.224 e. The number of benzene rings is 2. The molecule has 0 saturated carbocycles. The molecule has 0 unspecified atom stereocenters. The van der Waals surface area contributed by atoms with Crippen LogP contribution < -0.4 is 11.1 Å². The highest BCUT2D eigenvalue weighted by atomic mass is 35.5. The van der Waals surface area contributed by atoms with E-state index in [1.165, 1.54) is 0 Å². The SMILES string of the molecule is NC(=S)c1cccc(CNC(=O)Cc2ccccc2Cl)c1. The zero-order valence-electron chi connectivity index (χ0n) is 11.3. The summed E-state index contributed by atoms with van der Waals surface area (Å²) >= 11 is 11.0. The van der Waals surface area contributed by atoms with E-state index >= 15 is 0 Å². The summed E-state index contributed by atoms with van der Waals surface area (Å²) in [4.78, 5) is 12.3. The molecule has 3 nitrogen and oxygen atoms in total. The smallest absolute Gasteiger partial charge is 0.224 e. The molecule has 5 heteroatoms. The lowest BCUT2D eigenvalue weighted by Crippen LogP contribution is -2.24. The van der Waals surface area contributed by atoms with Crippen LogP contribution in [0.3, 0.4) is 0 Å². The Labute approximate surface area is 134 Å². The minimum absolute atomic E-state index is 0.0798. The number of amides is 1. The summed E-state index contributed by atoms with van der Waals surface area (Å²) in [6.07, 6.45) is 0.259.